The molecule has 2 aromatic rings. The van der Waals surface area contributed by atoms with Crippen molar-refractivity contribution < 1.29 is 28.7 Å². The van der Waals surface area contributed by atoms with E-state index in [2.05, 4.69) is 0 Å². The predicted octanol–water partition coefficient (Wildman–Crippen LogP) is 2.31. The van der Waals surface area contributed by atoms with Crippen molar-refractivity contribution in [3.05, 3.63) is 58.7 Å². The number of imide groups is 1. The Morgan fingerprint density at radius 3 is 1.76 bits per heavy atom. The van der Waals surface area contributed by atoms with Crippen LogP contribution in [0.3, 0.4) is 0 Å². The molecule has 0 radical (unpaired) electrons. The zero-order chi connectivity index (χ0) is 24.6. The third-order valence-electron chi connectivity index (χ3n) is 6.17. The summed E-state index contributed by atoms with van der Waals surface area (Å²) in [6.45, 7) is 5.03. The molecule has 34 heavy (non-hydrogen) atoms. The van der Waals surface area contributed by atoms with E-state index in [-0.39, 0.29) is 35.2 Å². The summed E-state index contributed by atoms with van der Waals surface area (Å²) in [5.74, 6) is -0.0812. The average molecular weight is 466 g/mol. The van der Waals surface area contributed by atoms with Crippen LogP contribution in [0.2, 0.25) is 0 Å². The molecule has 0 atom stereocenters. The third-order valence-corrected chi connectivity index (χ3v) is 6.17. The number of benzene rings is 2. The van der Waals surface area contributed by atoms with Gasteiger partial charge in [0.15, 0.2) is 11.5 Å². The number of carbonyl (C=O) groups is 4. The molecule has 4 rings (SSSR count). The number of hydrogen-bond donors (Lipinski definition) is 0. The maximum absolute atomic E-state index is 13.1. The molecule has 2 aliphatic rings. The van der Waals surface area contributed by atoms with E-state index >= 15 is 0 Å². The first-order valence-electron chi connectivity index (χ1n) is 11.1. The Balaban J connectivity index is 1.43. The molecular weight excluding hydrogens is 438 g/mol. The first-order chi connectivity index (χ1) is 16.3. The van der Waals surface area contributed by atoms with Crippen LogP contribution >= 0.6 is 0 Å². The smallest absolute Gasteiger partial charge is 0.261 e. The van der Waals surface area contributed by atoms with Gasteiger partial charge in [0.05, 0.1) is 25.3 Å². The molecule has 0 N–H and O–H groups in total. The zero-order valence-corrected chi connectivity index (χ0v) is 19.7. The molecule has 0 saturated carbocycles. The molecule has 2 aliphatic heterocycles. The Hall–Kier alpha value is -3.88. The molecule has 2 aromatic carbocycles. The molecule has 0 bridgehead atoms. The summed E-state index contributed by atoms with van der Waals surface area (Å²) >= 11 is 0. The first-order valence-corrected chi connectivity index (χ1v) is 11.1. The Morgan fingerprint density at radius 2 is 1.24 bits per heavy atom. The SMILES string of the molecule is COc1ccc(C(=O)N2CCN(C(=O)c3ccc4c(c3)C(=O)N(C(C)C)C4=O)CC2)cc1OC. The maximum Gasteiger partial charge on any atom is 0.261 e. The van der Waals surface area contributed by atoms with Gasteiger partial charge in [-0.15, -0.1) is 0 Å². The van der Waals surface area contributed by atoms with E-state index in [9.17, 15) is 19.2 Å². The highest BCUT2D eigenvalue weighted by Crippen LogP contribution is 2.29. The summed E-state index contributed by atoms with van der Waals surface area (Å²) in [7, 11) is 3.05. The first kappa shape index (κ1) is 23.3. The quantitative estimate of drug-likeness (QED) is 0.629. The molecule has 0 aliphatic carbocycles. The third kappa shape index (κ3) is 3.98. The molecular formula is C25H27N3O6. The van der Waals surface area contributed by atoms with Crippen molar-refractivity contribution in [2.24, 2.45) is 0 Å². The normalized spacial score (nSPS) is 15.6. The lowest BCUT2D eigenvalue weighted by molar-refractivity contribution is 0.0535. The molecule has 4 amide bonds. The zero-order valence-electron chi connectivity index (χ0n) is 19.7. The average Bonchev–Trinajstić information content (AvgIpc) is 3.12. The number of piperazine rings is 1. The van der Waals surface area contributed by atoms with E-state index < -0.39 is 0 Å². The van der Waals surface area contributed by atoms with Gasteiger partial charge in [-0.05, 0) is 50.2 Å². The Kier molecular flexibility index (Phi) is 6.28. The summed E-state index contributed by atoms with van der Waals surface area (Å²) in [6.07, 6.45) is 0. The lowest BCUT2D eigenvalue weighted by atomic mass is 10.0. The Bertz CT molecular complexity index is 1170. The number of ether oxygens (including phenoxy) is 2. The minimum absolute atomic E-state index is 0.150. The van der Waals surface area contributed by atoms with Gasteiger partial charge in [0.1, 0.15) is 0 Å². The monoisotopic (exact) mass is 465 g/mol. The number of nitrogens with zero attached hydrogens (tertiary/aromatic N) is 3. The van der Waals surface area contributed by atoms with Gasteiger partial charge < -0.3 is 19.3 Å². The molecule has 9 nitrogen and oxygen atoms in total. The number of fused-ring (bicyclic) bond motifs is 1. The summed E-state index contributed by atoms with van der Waals surface area (Å²) in [5.41, 5.74) is 1.41. The van der Waals surface area contributed by atoms with Crippen molar-refractivity contribution in [3.63, 3.8) is 0 Å². The van der Waals surface area contributed by atoms with Crippen LogP contribution in [0.5, 0.6) is 11.5 Å². The van der Waals surface area contributed by atoms with E-state index in [0.29, 0.717) is 54.4 Å². The standard InChI is InChI=1S/C25H27N3O6/c1-15(2)28-24(31)18-7-5-16(13-19(18)25(28)32)22(29)26-9-11-27(12-10-26)23(30)17-6-8-20(33-3)21(14-17)34-4/h5-8,13-15H,9-12H2,1-4H3. The summed E-state index contributed by atoms with van der Waals surface area (Å²) in [6, 6.07) is 9.38. The predicted molar refractivity (Wildman–Crippen MR) is 123 cm³/mol. The lowest BCUT2D eigenvalue weighted by Gasteiger charge is -2.35. The fourth-order valence-electron chi connectivity index (χ4n) is 4.31. The van der Waals surface area contributed by atoms with Gasteiger partial charge in [-0.25, -0.2) is 0 Å². The topological polar surface area (TPSA) is 96.5 Å². The van der Waals surface area contributed by atoms with Crippen LogP contribution in [-0.2, 0) is 0 Å². The molecule has 1 saturated heterocycles. The highest BCUT2D eigenvalue weighted by atomic mass is 16.5. The van der Waals surface area contributed by atoms with Gasteiger partial charge in [0.2, 0.25) is 0 Å². The second kappa shape index (κ2) is 9.17. The van der Waals surface area contributed by atoms with Crippen molar-refractivity contribution in [2.75, 3.05) is 40.4 Å². The van der Waals surface area contributed by atoms with E-state index in [4.69, 9.17) is 9.47 Å². The number of amides is 4. The molecule has 0 aromatic heterocycles. The molecule has 0 unspecified atom stereocenters. The second-order valence-electron chi connectivity index (χ2n) is 8.49. The highest BCUT2D eigenvalue weighted by Gasteiger charge is 2.38. The van der Waals surface area contributed by atoms with Crippen LogP contribution in [0.1, 0.15) is 55.3 Å². The van der Waals surface area contributed by atoms with Crippen LogP contribution in [-0.4, -0.2) is 84.8 Å². The van der Waals surface area contributed by atoms with Crippen molar-refractivity contribution in [2.45, 2.75) is 19.9 Å². The van der Waals surface area contributed by atoms with Crippen LogP contribution < -0.4 is 9.47 Å². The van der Waals surface area contributed by atoms with E-state index in [0.717, 1.165) is 0 Å². The molecule has 9 heteroatoms. The van der Waals surface area contributed by atoms with Crippen LogP contribution in [0.25, 0.3) is 0 Å². The fourth-order valence-corrected chi connectivity index (χ4v) is 4.31. The van der Waals surface area contributed by atoms with Gasteiger partial charge in [-0.2, -0.15) is 0 Å². The summed E-state index contributed by atoms with van der Waals surface area (Å²) < 4.78 is 10.5. The van der Waals surface area contributed by atoms with Crippen LogP contribution in [0.15, 0.2) is 36.4 Å². The number of methoxy groups -OCH3 is 2. The van der Waals surface area contributed by atoms with Gasteiger partial charge in [-0.1, -0.05) is 0 Å². The van der Waals surface area contributed by atoms with Gasteiger partial charge in [0.25, 0.3) is 23.6 Å². The van der Waals surface area contributed by atoms with Gasteiger partial charge >= 0.3 is 0 Å². The number of rotatable bonds is 5. The highest BCUT2D eigenvalue weighted by molar-refractivity contribution is 6.22. The molecule has 1 fully saturated rings. The minimum atomic E-state index is -0.380. The lowest BCUT2D eigenvalue weighted by Crippen LogP contribution is -2.50. The number of carbonyl (C=O) groups excluding carboxylic acids is 4. The van der Waals surface area contributed by atoms with Crippen molar-refractivity contribution >= 4 is 23.6 Å². The van der Waals surface area contributed by atoms with E-state index in [1.807, 2.05) is 0 Å². The van der Waals surface area contributed by atoms with Crippen LogP contribution in [0, 0.1) is 0 Å². The fraction of sp³-hybridized carbons (Fsp3) is 0.360. The summed E-state index contributed by atoms with van der Waals surface area (Å²) in [4.78, 5) is 55.7. The van der Waals surface area contributed by atoms with Crippen molar-refractivity contribution in [1.82, 2.24) is 14.7 Å². The molecule has 0 spiro atoms. The van der Waals surface area contributed by atoms with Crippen LogP contribution in [0.4, 0.5) is 0 Å². The second-order valence-corrected chi connectivity index (χ2v) is 8.49. The minimum Gasteiger partial charge on any atom is -0.493 e. The Morgan fingerprint density at radius 1 is 0.735 bits per heavy atom. The summed E-state index contributed by atoms with van der Waals surface area (Å²) in [5, 5.41) is 0. The van der Waals surface area contributed by atoms with E-state index in [1.54, 1.807) is 54.0 Å². The van der Waals surface area contributed by atoms with Crippen molar-refractivity contribution in [1.29, 1.82) is 0 Å². The molecule has 2 heterocycles. The Labute approximate surface area is 197 Å². The number of hydrogen-bond acceptors (Lipinski definition) is 6. The molecule has 178 valence electrons. The van der Waals surface area contributed by atoms with Crippen molar-refractivity contribution in [3.8, 4) is 11.5 Å². The van der Waals surface area contributed by atoms with Gasteiger partial charge in [0, 0.05) is 43.3 Å². The van der Waals surface area contributed by atoms with E-state index in [1.165, 1.54) is 25.2 Å². The van der Waals surface area contributed by atoms with Gasteiger partial charge in [-0.3, -0.25) is 24.1 Å². The largest absolute Gasteiger partial charge is 0.493 e. The maximum atomic E-state index is 13.1.